The quantitative estimate of drug-likeness (QED) is 0.579. The first kappa shape index (κ1) is 12.8. The van der Waals surface area contributed by atoms with Crippen LogP contribution in [0.5, 0.6) is 11.5 Å². The van der Waals surface area contributed by atoms with Gasteiger partial charge in [-0.05, 0) is 24.6 Å². The highest BCUT2D eigenvalue weighted by atomic mass is 16.5. The highest BCUT2D eigenvalue weighted by Crippen LogP contribution is 2.34. The number of benzene rings is 1. The zero-order valence-electron chi connectivity index (χ0n) is 9.18. The summed E-state index contributed by atoms with van der Waals surface area (Å²) in [6.07, 6.45) is 0. The fourth-order valence-corrected chi connectivity index (χ4v) is 1.43. The van der Waals surface area contributed by atoms with Crippen LogP contribution in [0.3, 0.4) is 0 Å². The molecule has 1 atom stereocenters. The average molecular weight is 227 g/mol. The molecule has 0 saturated carbocycles. The minimum absolute atomic E-state index is 0.0828. The summed E-state index contributed by atoms with van der Waals surface area (Å²) in [4.78, 5) is 0. The van der Waals surface area contributed by atoms with Crippen molar-refractivity contribution in [3.63, 3.8) is 0 Å². The van der Waals surface area contributed by atoms with Gasteiger partial charge < -0.3 is 25.8 Å². The molecule has 0 fully saturated rings. The van der Waals surface area contributed by atoms with Gasteiger partial charge in [-0.1, -0.05) is 0 Å². The first-order valence-electron chi connectivity index (χ1n) is 5.09. The summed E-state index contributed by atoms with van der Waals surface area (Å²) in [5.41, 5.74) is 6.59. The number of aliphatic hydroxyl groups excluding tert-OH is 2. The van der Waals surface area contributed by atoms with Gasteiger partial charge in [0.05, 0.1) is 25.9 Å². The van der Waals surface area contributed by atoms with Gasteiger partial charge in [0.25, 0.3) is 0 Å². The Labute approximate surface area is 94.1 Å². The van der Waals surface area contributed by atoms with Crippen LogP contribution in [0.25, 0.3) is 0 Å². The highest BCUT2D eigenvalue weighted by molar-refractivity contribution is 5.49. The molecule has 90 valence electrons. The summed E-state index contributed by atoms with van der Waals surface area (Å²) >= 11 is 0. The normalized spacial score (nSPS) is 12.5. The fraction of sp³-hybridized carbons (Fsp3) is 0.455. The van der Waals surface area contributed by atoms with Gasteiger partial charge in [-0.25, -0.2) is 0 Å². The Morgan fingerprint density at radius 3 is 2.56 bits per heavy atom. The van der Waals surface area contributed by atoms with Crippen molar-refractivity contribution >= 4 is 0 Å². The van der Waals surface area contributed by atoms with Crippen LogP contribution in [0.15, 0.2) is 12.1 Å². The van der Waals surface area contributed by atoms with Crippen molar-refractivity contribution in [1.29, 1.82) is 0 Å². The minimum Gasteiger partial charge on any atom is -0.504 e. The number of aromatic hydroxyl groups is 1. The monoisotopic (exact) mass is 227 g/mol. The summed E-state index contributed by atoms with van der Waals surface area (Å²) < 4.78 is 5.22. The lowest BCUT2D eigenvalue weighted by Gasteiger charge is -2.15. The van der Waals surface area contributed by atoms with Crippen molar-refractivity contribution in [3.05, 3.63) is 23.3 Å². The molecule has 0 heterocycles. The topological polar surface area (TPSA) is 95.9 Å². The van der Waals surface area contributed by atoms with E-state index in [9.17, 15) is 5.11 Å². The van der Waals surface area contributed by atoms with Crippen molar-refractivity contribution in [3.8, 4) is 11.5 Å². The van der Waals surface area contributed by atoms with E-state index in [4.69, 9.17) is 20.7 Å². The van der Waals surface area contributed by atoms with Crippen LogP contribution in [-0.4, -0.2) is 28.5 Å². The molecule has 0 amide bonds. The number of aliphatic hydroxyl groups is 2. The molecule has 0 unspecified atom stereocenters. The van der Waals surface area contributed by atoms with Crippen molar-refractivity contribution in [2.24, 2.45) is 5.73 Å². The van der Waals surface area contributed by atoms with Crippen LogP contribution < -0.4 is 10.5 Å². The van der Waals surface area contributed by atoms with E-state index < -0.39 is 6.04 Å². The summed E-state index contributed by atoms with van der Waals surface area (Å²) in [5, 5.41) is 27.9. The maximum Gasteiger partial charge on any atom is 0.162 e. The van der Waals surface area contributed by atoms with E-state index in [1.807, 2.05) is 0 Å². The van der Waals surface area contributed by atoms with E-state index in [-0.39, 0.29) is 24.7 Å². The van der Waals surface area contributed by atoms with E-state index in [1.165, 1.54) is 0 Å². The molecule has 0 aliphatic heterocycles. The van der Waals surface area contributed by atoms with Crippen LogP contribution in [0.2, 0.25) is 0 Å². The number of rotatable bonds is 5. The van der Waals surface area contributed by atoms with Gasteiger partial charge in [-0.15, -0.1) is 0 Å². The van der Waals surface area contributed by atoms with Gasteiger partial charge in [-0.3, -0.25) is 0 Å². The number of hydrogen-bond acceptors (Lipinski definition) is 5. The molecule has 0 spiro atoms. The molecular formula is C11H17NO4. The molecule has 5 heteroatoms. The molecule has 0 saturated heterocycles. The third kappa shape index (κ3) is 2.63. The fourth-order valence-electron chi connectivity index (χ4n) is 1.43. The van der Waals surface area contributed by atoms with E-state index in [1.54, 1.807) is 19.1 Å². The number of phenols is 1. The maximum atomic E-state index is 9.84. The molecule has 1 rings (SSSR count). The SMILES string of the molecule is CCOc1cc(CO)cc([C@@H](N)CO)c1O. The zero-order valence-corrected chi connectivity index (χ0v) is 9.18. The van der Waals surface area contributed by atoms with Crippen LogP contribution in [0.4, 0.5) is 0 Å². The number of hydrogen-bond donors (Lipinski definition) is 4. The smallest absolute Gasteiger partial charge is 0.162 e. The van der Waals surface area contributed by atoms with Crippen molar-refractivity contribution in [2.45, 2.75) is 19.6 Å². The van der Waals surface area contributed by atoms with Gasteiger partial charge in [-0.2, -0.15) is 0 Å². The molecular weight excluding hydrogens is 210 g/mol. The predicted molar refractivity (Wildman–Crippen MR) is 59.2 cm³/mol. The van der Waals surface area contributed by atoms with Gasteiger partial charge in [0.15, 0.2) is 11.5 Å². The van der Waals surface area contributed by atoms with Crippen LogP contribution in [0, 0.1) is 0 Å². The van der Waals surface area contributed by atoms with Gasteiger partial charge in [0, 0.05) is 5.56 Å². The average Bonchev–Trinajstić information content (AvgIpc) is 2.31. The van der Waals surface area contributed by atoms with E-state index >= 15 is 0 Å². The van der Waals surface area contributed by atoms with Crippen LogP contribution >= 0.6 is 0 Å². The third-order valence-electron chi connectivity index (χ3n) is 2.24. The molecule has 1 aromatic rings. The second-order valence-electron chi connectivity index (χ2n) is 3.41. The molecule has 0 bridgehead atoms. The summed E-state index contributed by atoms with van der Waals surface area (Å²) in [6.45, 7) is 1.73. The maximum absolute atomic E-state index is 9.84. The lowest BCUT2D eigenvalue weighted by molar-refractivity contribution is 0.260. The number of nitrogens with two attached hydrogens (primary N) is 1. The Hall–Kier alpha value is -1.30. The van der Waals surface area contributed by atoms with E-state index in [2.05, 4.69) is 0 Å². The first-order valence-corrected chi connectivity index (χ1v) is 5.09. The molecule has 0 aromatic heterocycles. The molecule has 1 aromatic carbocycles. The molecule has 5 nitrogen and oxygen atoms in total. The van der Waals surface area contributed by atoms with Crippen molar-refractivity contribution in [1.82, 2.24) is 0 Å². The van der Waals surface area contributed by atoms with E-state index in [0.717, 1.165) is 0 Å². The first-order chi connectivity index (χ1) is 7.63. The van der Waals surface area contributed by atoms with E-state index in [0.29, 0.717) is 17.7 Å². The Kier molecular flexibility index (Phi) is 4.54. The zero-order chi connectivity index (χ0) is 12.1. The molecule has 0 radical (unpaired) electrons. The summed E-state index contributed by atoms with van der Waals surface area (Å²) in [7, 11) is 0. The molecule has 0 aliphatic rings. The lowest BCUT2D eigenvalue weighted by Crippen LogP contribution is -2.15. The van der Waals surface area contributed by atoms with Gasteiger partial charge in [0.1, 0.15) is 0 Å². The number of phenolic OH excluding ortho intramolecular Hbond substituents is 1. The molecule has 0 aliphatic carbocycles. The van der Waals surface area contributed by atoms with Gasteiger partial charge in [0.2, 0.25) is 0 Å². The summed E-state index contributed by atoms with van der Waals surface area (Å²) in [5.74, 6) is 0.188. The van der Waals surface area contributed by atoms with Crippen molar-refractivity contribution < 1.29 is 20.1 Å². The van der Waals surface area contributed by atoms with Crippen LogP contribution in [0.1, 0.15) is 24.1 Å². The Balaban J connectivity index is 3.19. The van der Waals surface area contributed by atoms with Crippen molar-refractivity contribution in [2.75, 3.05) is 13.2 Å². The van der Waals surface area contributed by atoms with Gasteiger partial charge >= 0.3 is 0 Å². The summed E-state index contributed by atoms with van der Waals surface area (Å²) in [6, 6.07) is 2.41. The number of ether oxygens (including phenoxy) is 1. The highest BCUT2D eigenvalue weighted by Gasteiger charge is 2.15. The Bertz CT molecular complexity index is 354. The second kappa shape index (κ2) is 5.69. The standard InChI is InChI=1S/C11H17NO4/c1-2-16-10-4-7(5-13)3-8(11(10)15)9(12)6-14/h3-4,9,13-15H,2,5-6,12H2,1H3/t9-/m0/s1. The predicted octanol–water partition coefficient (Wildman–Crippen LogP) is 0.275. The molecule has 5 N–H and O–H groups in total. The van der Waals surface area contributed by atoms with Crippen LogP contribution in [-0.2, 0) is 6.61 Å². The third-order valence-corrected chi connectivity index (χ3v) is 2.24. The Morgan fingerprint density at radius 2 is 2.06 bits per heavy atom. The Morgan fingerprint density at radius 1 is 1.38 bits per heavy atom. The lowest BCUT2D eigenvalue weighted by atomic mass is 10.0. The second-order valence-corrected chi connectivity index (χ2v) is 3.41. The largest absolute Gasteiger partial charge is 0.504 e. The minimum atomic E-state index is -0.689. The molecule has 16 heavy (non-hydrogen) atoms.